The van der Waals surface area contributed by atoms with E-state index in [2.05, 4.69) is 9.97 Å². The number of carboxylic acids is 1. The maximum Gasteiger partial charge on any atom is 0.358 e. The van der Waals surface area contributed by atoms with E-state index in [-0.39, 0.29) is 40.1 Å². The first-order valence-corrected chi connectivity index (χ1v) is 8.34. The largest absolute Gasteiger partial charge is 0.478 e. The van der Waals surface area contributed by atoms with Crippen molar-refractivity contribution in [2.75, 3.05) is 6.61 Å². The van der Waals surface area contributed by atoms with Crippen LogP contribution in [0.2, 0.25) is 10.0 Å². The van der Waals surface area contributed by atoms with Crippen molar-refractivity contribution in [3.05, 3.63) is 51.4 Å². The van der Waals surface area contributed by atoms with Crippen molar-refractivity contribution in [1.29, 1.82) is 0 Å². The van der Waals surface area contributed by atoms with Crippen LogP contribution in [0.1, 0.15) is 33.5 Å². The Kier molecular flexibility index (Phi) is 4.84. The van der Waals surface area contributed by atoms with Crippen LogP contribution in [-0.4, -0.2) is 38.0 Å². The second kappa shape index (κ2) is 6.93. The molecule has 0 atom stereocenters. The van der Waals surface area contributed by atoms with Crippen LogP contribution in [0.3, 0.4) is 0 Å². The van der Waals surface area contributed by atoms with Crippen LogP contribution in [0.15, 0.2) is 24.4 Å². The van der Waals surface area contributed by atoms with Gasteiger partial charge in [-0.25, -0.2) is 19.6 Å². The number of fused-ring (bicyclic) bond motifs is 1. The number of aryl methyl sites for hydroxylation is 1. The molecule has 134 valence electrons. The number of nitrogens with zero attached hydrogens (tertiary/aromatic N) is 3. The van der Waals surface area contributed by atoms with Crippen molar-refractivity contribution < 1.29 is 19.4 Å². The van der Waals surface area contributed by atoms with Gasteiger partial charge in [0.15, 0.2) is 5.69 Å². The maximum atomic E-state index is 12.0. The van der Waals surface area contributed by atoms with Gasteiger partial charge in [-0.1, -0.05) is 23.2 Å². The van der Waals surface area contributed by atoms with E-state index in [1.807, 2.05) is 0 Å². The number of carbonyl (C=O) groups excluding carboxylic acids is 1. The van der Waals surface area contributed by atoms with Gasteiger partial charge in [-0.2, -0.15) is 0 Å². The summed E-state index contributed by atoms with van der Waals surface area (Å²) in [5, 5.41) is 10.4. The predicted molar refractivity (Wildman–Crippen MR) is 96.1 cm³/mol. The number of esters is 1. The fourth-order valence-corrected chi connectivity index (χ4v) is 3.11. The number of benzene rings is 1. The molecule has 3 rings (SSSR count). The first-order chi connectivity index (χ1) is 12.3. The quantitative estimate of drug-likeness (QED) is 0.675. The van der Waals surface area contributed by atoms with Gasteiger partial charge in [-0.15, -0.1) is 0 Å². The lowest BCUT2D eigenvalue weighted by atomic mass is 10.0. The van der Waals surface area contributed by atoms with Crippen LogP contribution in [-0.2, 0) is 4.74 Å². The molecule has 9 heteroatoms. The average molecular weight is 394 g/mol. The van der Waals surface area contributed by atoms with E-state index >= 15 is 0 Å². The molecule has 0 fully saturated rings. The van der Waals surface area contributed by atoms with Crippen LogP contribution < -0.4 is 0 Å². The third kappa shape index (κ3) is 3.11. The Morgan fingerprint density at radius 1 is 1.27 bits per heavy atom. The number of carboxylic acid groups (broad SMARTS) is 1. The summed E-state index contributed by atoms with van der Waals surface area (Å²) < 4.78 is 6.36. The van der Waals surface area contributed by atoms with Gasteiger partial charge < -0.3 is 9.84 Å². The molecule has 0 aliphatic heterocycles. The first-order valence-electron chi connectivity index (χ1n) is 7.59. The summed E-state index contributed by atoms with van der Waals surface area (Å²) in [6.07, 6.45) is 1.38. The lowest BCUT2D eigenvalue weighted by molar-refractivity contribution is 0.0519. The van der Waals surface area contributed by atoms with Crippen molar-refractivity contribution in [3.63, 3.8) is 0 Å². The summed E-state index contributed by atoms with van der Waals surface area (Å²) in [5.74, 6) is -1.64. The molecule has 0 aliphatic rings. The predicted octanol–water partition coefficient (Wildman–Crippen LogP) is 3.89. The van der Waals surface area contributed by atoms with E-state index in [4.69, 9.17) is 27.9 Å². The Morgan fingerprint density at radius 3 is 2.62 bits per heavy atom. The zero-order chi connectivity index (χ0) is 19.0. The number of halogens is 2. The topological polar surface area (TPSA) is 93.8 Å². The van der Waals surface area contributed by atoms with Gasteiger partial charge in [-0.3, -0.25) is 4.40 Å². The molecule has 0 aliphatic carbocycles. The molecule has 1 aromatic carbocycles. The number of ether oxygens (including phenoxy) is 1. The molecular formula is C17H13Cl2N3O4. The van der Waals surface area contributed by atoms with Crippen LogP contribution in [0.5, 0.6) is 0 Å². The van der Waals surface area contributed by atoms with Crippen molar-refractivity contribution in [1.82, 2.24) is 14.4 Å². The minimum atomic E-state index is -1.18. The number of aromatic carboxylic acids is 1. The van der Waals surface area contributed by atoms with Gasteiger partial charge in [0.25, 0.3) is 0 Å². The molecule has 0 amide bonds. The maximum absolute atomic E-state index is 12.0. The monoisotopic (exact) mass is 393 g/mol. The van der Waals surface area contributed by atoms with Gasteiger partial charge in [-0.05, 0) is 32.0 Å². The molecule has 0 bridgehead atoms. The van der Waals surface area contributed by atoms with Gasteiger partial charge >= 0.3 is 11.9 Å². The second-order valence-electron chi connectivity index (χ2n) is 5.37. The van der Waals surface area contributed by atoms with E-state index in [9.17, 15) is 14.7 Å². The van der Waals surface area contributed by atoms with Crippen molar-refractivity contribution >= 4 is 40.9 Å². The van der Waals surface area contributed by atoms with E-state index in [0.717, 1.165) is 0 Å². The second-order valence-corrected chi connectivity index (χ2v) is 6.21. The molecule has 26 heavy (non-hydrogen) atoms. The third-order valence-corrected chi connectivity index (χ3v) is 4.23. The Bertz CT molecular complexity index is 1050. The lowest BCUT2D eigenvalue weighted by Crippen LogP contribution is -2.10. The summed E-state index contributed by atoms with van der Waals surface area (Å²) in [6.45, 7) is 3.42. The van der Waals surface area contributed by atoms with Crippen molar-refractivity contribution in [3.8, 4) is 11.3 Å². The molecule has 0 radical (unpaired) electrons. The van der Waals surface area contributed by atoms with Gasteiger partial charge in [0.05, 0.1) is 23.0 Å². The molecule has 2 heterocycles. The van der Waals surface area contributed by atoms with Crippen LogP contribution >= 0.6 is 23.2 Å². The molecule has 0 saturated heterocycles. The number of carbonyl (C=O) groups is 2. The SMILES string of the molecule is CCOC(=O)c1cn2c(-c3ccc(Cl)cc3Cl)c(C(=O)O)c(C)nc2n1. The zero-order valence-electron chi connectivity index (χ0n) is 13.8. The molecule has 0 saturated carbocycles. The Hall–Kier alpha value is -2.64. The van der Waals surface area contributed by atoms with E-state index in [1.165, 1.54) is 16.7 Å². The average Bonchev–Trinajstić information content (AvgIpc) is 2.97. The minimum Gasteiger partial charge on any atom is -0.478 e. The van der Waals surface area contributed by atoms with Crippen molar-refractivity contribution in [2.45, 2.75) is 13.8 Å². The van der Waals surface area contributed by atoms with Crippen molar-refractivity contribution in [2.24, 2.45) is 0 Å². The van der Waals surface area contributed by atoms with Gasteiger partial charge in [0.2, 0.25) is 5.78 Å². The summed E-state index contributed by atoms with van der Waals surface area (Å²) >= 11 is 12.2. The molecular weight excluding hydrogens is 381 g/mol. The van der Waals surface area contributed by atoms with Crippen LogP contribution in [0, 0.1) is 6.92 Å². The highest BCUT2D eigenvalue weighted by molar-refractivity contribution is 6.36. The standard InChI is InChI=1S/C17H13Cl2N3O4/c1-3-26-16(25)12-7-22-14(10-5-4-9(18)6-11(10)19)13(15(23)24)8(2)20-17(22)21-12/h4-7H,3H2,1-2H3,(H,23,24). The summed E-state index contributed by atoms with van der Waals surface area (Å²) in [4.78, 5) is 32.2. The number of aromatic nitrogens is 3. The van der Waals surface area contributed by atoms with E-state index < -0.39 is 11.9 Å². The summed E-state index contributed by atoms with van der Waals surface area (Å²) in [5.41, 5.74) is 0.899. The Labute approximate surface area is 158 Å². The Morgan fingerprint density at radius 2 is 2.00 bits per heavy atom. The van der Waals surface area contributed by atoms with Crippen LogP contribution in [0.25, 0.3) is 17.0 Å². The van der Waals surface area contributed by atoms with E-state index in [1.54, 1.807) is 26.0 Å². The number of hydrogen-bond acceptors (Lipinski definition) is 5. The van der Waals surface area contributed by atoms with E-state index in [0.29, 0.717) is 10.6 Å². The minimum absolute atomic E-state index is 0.0209. The van der Waals surface area contributed by atoms with Gasteiger partial charge in [0.1, 0.15) is 5.56 Å². The lowest BCUT2D eigenvalue weighted by Gasteiger charge is -2.13. The first kappa shape index (κ1) is 18.2. The fraction of sp³-hybridized carbons (Fsp3) is 0.176. The Balaban J connectivity index is 2.38. The normalized spacial score (nSPS) is 10.9. The number of hydrogen-bond donors (Lipinski definition) is 1. The summed E-state index contributed by atoms with van der Waals surface area (Å²) in [6, 6.07) is 4.71. The highest BCUT2D eigenvalue weighted by atomic mass is 35.5. The molecule has 0 unspecified atom stereocenters. The van der Waals surface area contributed by atoms with Crippen LogP contribution in [0.4, 0.5) is 0 Å². The molecule has 7 nitrogen and oxygen atoms in total. The molecule has 0 spiro atoms. The smallest absolute Gasteiger partial charge is 0.358 e. The summed E-state index contributed by atoms with van der Waals surface area (Å²) in [7, 11) is 0. The number of imidazole rings is 1. The fourth-order valence-electron chi connectivity index (χ4n) is 2.62. The highest BCUT2D eigenvalue weighted by Crippen LogP contribution is 2.34. The number of rotatable bonds is 4. The third-order valence-electron chi connectivity index (χ3n) is 3.68. The zero-order valence-corrected chi connectivity index (χ0v) is 15.3. The van der Waals surface area contributed by atoms with Gasteiger partial charge in [0, 0.05) is 16.8 Å². The molecule has 2 aromatic heterocycles. The molecule has 3 aromatic rings. The highest BCUT2D eigenvalue weighted by Gasteiger charge is 2.24. The molecule has 1 N–H and O–H groups in total.